The number of nitrogens with two attached hydrogens (primary N) is 6. The second-order valence-corrected chi connectivity index (χ2v) is 3.49. The Hall–Kier alpha value is -0.370. The van der Waals surface area contributed by atoms with E-state index in [0.717, 1.165) is 0 Å². The third kappa shape index (κ3) is 2.31. The summed E-state index contributed by atoms with van der Waals surface area (Å²) >= 11 is 0. The Morgan fingerprint density at radius 1 is 1.23 bits per heavy atom. The van der Waals surface area contributed by atoms with Crippen LogP contribution in [0.3, 0.4) is 0 Å². The lowest BCUT2D eigenvalue weighted by molar-refractivity contribution is 0.249. The van der Waals surface area contributed by atoms with Gasteiger partial charge in [-0.2, -0.15) is 0 Å². The van der Waals surface area contributed by atoms with Crippen LogP contribution in [0.1, 0.15) is 6.42 Å². The van der Waals surface area contributed by atoms with Crippen LogP contribution in [0.4, 0.5) is 0 Å². The van der Waals surface area contributed by atoms with Gasteiger partial charge in [0.2, 0.25) is 0 Å². The van der Waals surface area contributed by atoms with E-state index in [2.05, 4.69) is 0 Å². The van der Waals surface area contributed by atoms with E-state index < -0.39 is 17.4 Å². The Bertz CT molecular complexity index is 223. The normalized spacial score (nSPS) is 30.2. The molecule has 12 N–H and O–H groups in total. The number of halogens is 1. The third-order valence-corrected chi connectivity index (χ3v) is 2.06. The molecule has 0 amide bonds. The van der Waals surface area contributed by atoms with Gasteiger partial charge in [-0.1, -0.05) is 0 Å². The van der Waals surface area contributed by atoms with Crippen molar-refractivity contribution in [1.29, 1.82) is 0 Å². The van der Waals surface area contributed by atoms with E-state index in [1.54, 1.807) is 0 Å². The minimum atomic E-state index is -1.22. The Morgan fingerprint density at radius 2 is 1.69 bits per heavy atom. The molecule has 0 aromatic rings. The van der Waals surface area contributed by atoms with E-state index in [1.807, 2.05) is 0 Å². The van der Waals surface area contributed by atoms with Crippen LogP contribution in [0.25, 0.3) is 0 Å². The molecule has 0 heterocycles. The molecule has 0 saturated heterocycles. The average molecular weight is 209 g/mol. The highest BCUT2D eigenvalue weighted by Gasteiger charge is 2.43. The molecule has 13 heavy (non-hydrogen) atoms. The van der Waals surface area contributed by atoms with Gasteiger partial charge in [0.1, 0.15) is 5.66 Å². The summed E-state index contributed by atoms with van der Waals surface area (Å²) in [5, 5.41) is 0. The van der Waals surface area contributed by atoms with Crippen molar-refractivity contribution in [2.45, 2.75) is 23.8 Å². The lowest BCUT2D eigenvalue weighted by Crippen LogP contribution is -2.77. The largest absolute Gasteiger partial charge is 0.402 e. The Morgan fingerprint density at radius 3 is 2.08 bits per heavy atom. The summed E-state index contributed by atoms with van der Waals surface area (Å²) in [6.07, 6.45) is 1.81. The van der Waals surface area contributed by atoms with E-state index in [0.29, 0.717) is 12.1 Å². The van der Waals surface area contributed by atoms with Gasteiger partial charge in [0.05, 0.1) is 11.7 Å². The van der Waals surface area contributed by atoms with E-state index in [4.69, 9.17) is 34.4 Å². The molecule has 1 unspecified atom stereocenters. The smallest absolute Gasteiger partial charge is 0.104 e. The zero-order chi connectivity index (χ0) is 9.57. The Balaban J connectivity index is 0.00000144. The summed E-state index contributed by atoms with van der Waals surface area (Å²) in [7, 11) is 0. The molecule has 0 radical (unpaired) electrons. The predicted molar refractivity (Wildman–Crippen MR) is 54.3 cm³/mol. The molecule has 0 aromatic heterocycles. The van der Waals surface area contributed by atoms with Crippen molar-refractivity contribution in [3.8, 4) is 0 Å². The molecule has 1 rings (SSSR count). The number of hydrogen-bond acceptors (Lipinski definition) is 6. The number of hydrogen-bond donors (Lipinski definition) is 6. The van der Waals surface area contributed by atoms with Gasteiger partial charge in [0.25, 0.3) is 0 Å². The third-order valence-electron chi connectivity index (χ3n) is 2.06. The molecule has 0 bridgehead atoms. The van der Waals surface area contributed by atoms with Crippen molar-refractivity contribution in [3.63, 3.8) is 0 Å². The van der Waals surface area contributed by atoms with E-state index >= 15 is 0 Å². The summed E-state index contributed by atoms with van der Waals surface area (Å²) < 4.78 is 0. The van der Waals surface area contributed by atoms with Crippen molar-refractivity contribution in [2.24, 2.45) is 34.4 Å². The van der Waals surface area contributed by atoms with Gasteiger partial charge >= 0.3 is 0 Å². The van der Waals surface area contributed by atoms with Crippen LogP contribution >= 0.6 is 12.4 Å². The highest BCUT2D eigenvalue weighted by Crippen LogP contribution is 2.21. The van der Waals surface area contributed by atoms with E-state index in [1.165, 1.54) is 6.08 Å². The van der Waals surface area contributed by atoms with Crippen LogP contribution in [0.15, 0.2) is 11.8 Å². The molecule has 7 heteroatoms. The molecule has 1 atom stereocenters. The Kier molecular flexibility index (Phi) is 3.31. The van der Waals surface area contributed by atoms with Gasteiger partial charge in [0.15, 0.2) is 0 Å². The minimum absolute atomic E-state index is 0. The van der Waals surface area contributed by atoms with Gasteiger partial charge in [0, 0.05) is 12.1 Å². The fraction of sp³-hybridized carbons (Fsp3) is 0.667. The summed E-state index contributed by atoms with van der Waals surface area (Å²) in [5.74, 6) is 0. The summed E-state index contributed by atoms with van der Waals surface area (Å²) in [4.78, 5) is 0. The first kappa shape index (κ1) is 12.6. The first-order valence-electron chi connectivity index (χ1n) is 3.64. The highest BCUT2D eigenvalue weighted by atomic mass is 35.5. The molecular weight excluding hydrogens is 192 g/mol. The summed E-state index contributed by atoms with van der Waals surface area (Å²) in [5.41, 5.74) is 31.9. The second-order valence-electron chi connectivity index (χ2n) is 3.49. The van der Waals surface area contributed by atoms with Gasteiger partial charge in [-0.3, -0.25) is 0 Å². The maximum absolute atomic E-state index is 5.66. The zero-order valence-corrected chi connectivity index (χ0v) is 8.05. The number of rotatable bonds is 0. The van der Waals surface area contributed by atoms with Crippen LogP contribution in [0.5, 0.6) is 0 Å². The molecule has 1 aliphatic rings. The van der Waals surface area contributed by atoms with Crippen LogP contribution in [0.2, 0.25) is 0 Å². The first-order valence-corrected chi connectivity index (χ1v) is 3.64. The van der Waals surface area contributed by atoms with Gasteiger partial charge in [-0.25, -0.2) is 0 Å². The van der Waals surface area contributed by atoms with Crippen molar-refractivity contribution in [3.05, 3.63) is 11.8 Å². The van der Waals surface area contributed by atoms with Crippen molar-refractivity contribution >= 4 is 12.4 Å². The first-order chi connectivity index (χ1) is 5.26. The van der Waals surface area contributed by atoms with Crippen molar-refractivity contribution < 1.29 is 0 Å². The van der Waals surface area contributed by atoms with Gasteiger partial charge < -0.3 is 34.4 Å². The molecule has 0 spiro atoms. The topological polar surface area (TPSA) is 156 Å². The van der Waals surface area contributed by atoms with Crippen molar-refractivity contribution in [1.82, 2.24) is 0 Å². The molecule has 0 aromatic carbocycles. The molecule has 78 valence electrons. The van der Waals surface area contributed by atoms with Gasteiger partial charge in [-0.05, 0) is 6.08 Å². The fourth-order valence-electron chi connectivity index (χ4n) is 1.39. The van der Waals surface area contributed by atoms with Crippen molar-refractivity contribution in [2.75, 3.05) is 0 Å². The summed E-state index contributed by atoms with van der Waals surface area (Å²) in [6.45, 7) is 0. The van der Waals surface area contributed by atoms with Crippen LogP contribution in [-0.4, -0.2) is 17.4 Å². The van der Waals surface area contributed by atoms with E-state index in [-0.39, 0.29) is 12.4 Å². The lowest BCUT2D eigenvalue weighted by Gasteiger charge is -2.43. The van der Waals surface area contributed by atoms with Gasteiger partial charge in [-0.15, -0.1) is 12.4 Å². The molecule has 1 aliphatic carbocycles. The molecule has 0 aliphatic heterocycles. The van der Waals surface area contributed by atoms with Crippen LogP contribution < -0.4 is 34.4 Å². The molecule has 0 fully saturated rings. The minimum Gasteiger partial charge on any atom is -0.402 e. The Labute approximate surface area is 83.1 Å². The maximum Gasteiger partial charge on any atom is 0.104 e. The average Bonchev–Trinajstić information content (AvgIpc) is 1.80. The van der Waals surface area contributed by atoms with Crippen LogP contribution in [-0.2, 0) is 0 Å². The SMILES string of the molecule is Cl.NC1=CC(N)(N)C(N)C(N)(N)C1. The van der Waals surface area contributed by atoms with Crippen LogP contribution in [0, 0.1) is 0 Å². The molecule has 0 saturated carbocycles. The second kappa shape index (κ2) is 3.41. The quantitative estimate of drug-likeness (QED) is 0.236. The molecule has 6 nitrogen and oxygen atoms in total. The predicted octanol–water partition coefficient (Wildman–Crippen LogP) is -2.79. The summed E-state index contributed by atoms with van der Waals surface area (Å²) in [6, 6.07) is -0.697. The monoisotopic (exact) mass is 208 g/mol. The molecular formula is C6H17ClN6. The highest BCUT2D eigenvalue weighted by molar-refractivity contribution is 5.85. The standard InChI is InChI=1S/C6H16N6.ClH/c7-3-1-5(9,10)4(8)6(11,12)2-3;/h1,4H,2,7-12H2;1H. The van der Waals surface area contributed by atoms with E-state index in [9.17, 15) is 0 Å². The lowest BCUT2D eigenvalue weighted by atomic mass is 9.82. The fourth-order valence-corrected chi connectivity index (χ4v) is 1.39. The zero-order valence-electron chi connectivity index (χ0n) is 7.23. The maximum atomic E-state index is 5.66.